The van der Waals surface area contributed by atoms with Gasteiger partial charge in [0.2, 0.25) is 0 Å². The van der Waals surface area contributed by atoms with Crippen LogP contribution in [-0.4, -0.2) is 21.9 Å². The molecule has 3 fully saturated rings. The molecule has 0 aromatic heterocycles. The zero-order valence-electron chi connectivity index (χ0n) is 19.5. The topological polar surface area (TPSA) is 40.5 Å². The number of aliphatic hydroxyl groups is 2. The van der Waals surface area contributed by atoms with Crippen LogP contribution in [0.2, 0.25) is 0 Å². The van der Waals surface area contributed by atoms with Gasteiger partial charge in [-0.15, -0.1) is 0 Å². The summed E-state index contributed by atoms with van der Waals surface area (Å²) in [5.74, 6) is 2.18. The lowest BCUT2D eigenvalue weighted by Crippen LogP contribution is -2.35. The number of allylic oxidation sites excluding steroid dienone is 4. The second-order valence-electron chi connectivity index (χ2n) is 11.1. The predicted octanol–water partition coefficient (Wildman–Crippen LogP) is 6.59. The molecule has 0 aromatic carbocycles. The first-order valence-corrected chi connectivity index (χ1v) is 12.1. The van der Waals surface area contributed by atoms with E-state index in [0.29, 0.717) is 17.3 Å². The SMILES string of the molecule is C[C@H](/C=C/[C@H](C)C(C)(C)O)C1CCC2/C(=C/C=C3/CCC[C@H](O)C3)CCC[C@@]21C. The molecule has 6 atom stereocenters. The average molecular weight is 401 g/mol. The van der Waals surface area contributed by atoms with E-state index in [1.54, 1.807) is 5.57 Å². The first-order valence-electron chi connectivity index (χ1n) is 12.1. The van der Waals surface area contributed by atoms with Crippen molar-refractivity contribution in [1.29, 1.82) is 0 Å². The number of aliphatic hydroxyl groups excluding tert-OH is 1. The van der Waals surface area contributed by atoms with Crippen molar-refractivity contribution in [2.75, 3.05) is 0 Å². The molecule has 0 aromatic rings. The van der Waals surface area contributed by atoms with E-state index < -0.39 is 5.60 Å². The molecule has 0 spiro atoms. The number of fused-ring (bicyclic) bond motifs is 1. The normalized spacial score (nSPS) is 38.5. The van der Waals surface area contributed by atoms with Crippen LogP contribution in [0.5, 0.6) is 0 Å². The van der Waals surface area contributed by atoms with Gasteiger partial charge in [0.1, 0.15) is 0 Å². The molecule has 3 saturated carbocycles. The van der Waals surface area contributed by atoms with Crippen molar-refractivity contribution in [2.24, 2.45) is 29.1 Å². The highest BCUT2D eigenvalue weighted by Gasteiger charge is 2.50. The van der Waals surface area contributed by atoms with Gasteiger partial charge in [-0.25, -0.2) is 0 Å². The van der Waals surface area contributed by atoms with Gasteiger partial charge >= 0.3 is 0 Å². The maximum Gasteiger partial charge on any atom is 0.0651 e. The molecular formula is C27H44O2. The van der Waals surface area contributed by atoms with E-state index in [2.05, 4.69) is 45.1 Å². The number of hydrogen-bond donors (Lipinski definition) is 2. The van der Waals surface area contributed by atoms with Crippen LogP contribution in [-0.2, 0) is 0 Å². The molecule has 0 aliphatic heterocycles. The van der Waals surface area contributed by atoms with Crippen molar-refractivity contribution in [1.82, 2.24) is 0 Å². The lowest BCUT2D eigenvalue weighted by Gasteiger charge is -2.44. The van der Waals surface area contributed by atoms with Gasteiger partial charge in [0.15, 0.2) is 0 Å². The predicted molar refractivity (Wildman–Crippen MR) is 123 cm³/mol. The Balaban J connectivity index is 1.72. The Morgan fingerprint density at radius 1 is 1.03 bits per heavy atom. The highest BCUT2D eigenvalue weighted by Crippen LogP contribution is 2.59. The van der Waals surface area contributed by atoms with Crippen LogP contribution in [0, 0.1) is 29.1 Å². The fourth-order valence-electron chi connectivity index (χ4n) is 6.30. The lowest BCUT2D eigenvalue weighted by atomic mass is 9.61. The van der Waals surface area contributed by atoms with Crippen molar-refractivity contribution < 1.29 is 10.2 Å². The molecule has 0 amide bonds. The summed E-state index contributed by atoms with van der Waals surface area (Å²) in [6.45, 7) is 10.8. The molecule has 3 aliphatic carbocycles. The number of rotatable bonds is 5. The third kappa shape index (κ3) is 5.25. The highest BCUT2D eigenvalue weighted by atomic mass is 16.3. The van der Waals surface area contributed by atoms with Gasteiger partial charge in [-0.05, 0) is 94.8 Å². The van der Waals surface area contributed by atoms with Gasteiger partial charge in [0.25, 0.3) is 0 Å². The van der Waals surface area contributed by atoms with Gasteiger partial charge < -0.3 is 10.2 Å². The summed E-state index contributed by atoms with van der Waals surface area (Å²) in [6.07, 6.45) is 19.9. The molecule has 3 rings (SSSR count). The van der Waals surface area contributed by atoms with Crippen LogP contribution in [0.3, 0.4) is 0 Å². The Hall–Kier alpha value is -0.860. The van der Waals surface area contributed by atoms with Gasteiger partial charge in [-0.2, -0.15) is 0 Å². The summed E-state index contributed by atoms with van der Waals surface area (Å²) in [5, 5.41) is 20.2. The molecule has 0 bridgehead atoms. The zero-order valence-corrected chi connectivity index (χ0v) is 19.5. The van der Waals surface area contributed by atoms with Crippen LogP contribution in [0.25, 0.3) is 0 Å². The minimum Gasteiger partial charge on any atom is -0.393 e. The minimum absolute atomic E-state index is 0.125. The Morgan fingerprint density at radius 2 is 1.79 bits per heavy atom. The van der Waals surface area contributed by atoms with Crippen LogP contribution < -0.4 is 0 Å². The molecule has 3 aliphatic rings. The Labute approximate surface area is 179 Å². The molecular weight excluding hydrogens is 356 g/mol. The summed E-state index contributed by atoms with van der Waals surface area (Å²) >= 11 is 0. The van der Waals surface area contributed by atoms with E-state index in [4.69, 9.17) is 0 Å². The summed E-state index contributed by atoms with van der Waals surface area (Å²) in [4.78, 5) is 0. The van der Waals surface area contributed by atoms with Crippen molar-refractivity contribution in [2.45, 2.75) is 104 Å². The Bertz CT molecular complexity index is 650. The molecule has 164 valence electrons. The molecule has 2 N–H and O–H groups in total. The average Bonchev–Trinajstić information content (AvgIpc) is 3.01. The molecule has 2 unspecified atom stereocenters. The minimum atomic E-state index is -0.653. The monoisotopic (exact) mass is 400 g/mol. The summed E-state index contributed by atoms with van der Waals surface area (Å²) in [7, 11) is 0. The Kier molecular flexibility index (Phi) is 7.16. The largest absolute Gasteiger partial charge is 0.393 e. The van der Waals surface area contributed by atoms with Gasteiger partial charge in [0, 0.05) is 5.92 Å². The second-order valence-corrected chi connectivity index (χ2v) is 11.1. The molecule has 0 saturated heterocycles. The molecule has 0 radical (unpaired) electrons. The van der Waals surface area contributed by atoms with Crippen LogP contribution in [0.15, 0.2) is 35.5 Å². The van der Waals surface area contributed by atoms with Crippen LogP contribution >= 0.6 is 0 Å². The summed E-state index contributed by atoms with van der Waals surface area (Å²) in [5.41, 5.74) is 2.85. The summed E-state index contributed by atoms with van der Waals surface area (Å²) in [6, 6.07) is 0. The molecule has 2 nitrogen and oxygen atoms in total. The first-order chi connectivity index (χ1) is 13.6. The van der Waals surface area contributed by atoms with Crippen molar-refractivity contribution in [3.05, 3.63) is 35.5 Å². The fraction of sp³-hybridized carbons (Fsp3) is 0.778. The van der Waals surface area contributed by atoms with E-state index in [1.165, 1.54) is 37.7 Å². The van der Waals surface area contributed by atoms with E-state index in [1.807, 2.05) is 13.8 Å². The van der Waals surface area contributed by atoms with Crippen LogP contribution in [0.1, 0.15) is 92.4 Å². The third-order valence-electron chi connectivity index (χ3n) is 8.56. The smallest absolute Gasteiger partial charge is 0.0651 e. The van der Waals surface area contributed by atoms with E-state index in [-0.39, 0.29) is 12.0 Å². The lowest BCUT2D eigenvalue weighted by molar-refractivity contribution is 0.0436. The van der Waals surface area contributed by atoms with E-state index >= 15 is 0 Å². The maximum atomic E-state index is 10.2. The van der Waals surface area contributed by atoms with Crippen molar-refractivity contribution >= 4 is 0 Å². The first kappa shape index (κ1) is 22.8. The molecule has 0 heterocycles. The van der Waals surface area contributed by atoms with Gasteiger partial charge in [-0.1, -0.05) is 56.2 Å². The summed E-state index contributed by atoms with van der Waals surface area (Å²) < 4.78 is 0. The molecule has 2 heteroatoms. The standard InChI is InChI=1S/C27H44O2/c1-19(11-12-20(2)26(3,4)29)24-15-16-25-22(9-7-17-27(24,25)5)14-13-21-8-6-10-23(28)18-21/h11-14,19-20,23-25,28-29H,6-10,15-18H2,1-5H3/b12-11+,21-13-,22-14+/t19-,20+,23+,24?,25?,27-/m1/s1. The quantitative estimate of drug-likeness (QED) is 0.511. The molecule has 29 heavy (non-hydrogen) atoms. The zero-order chi connectivity index (χ0) is 21.2. The van der Waals surface area contributed by atoms with Crippen molar-refractivity contribution in [3.8, 4) is 0 Å². The maximum absolute atomic E-state index is 10.2. The van der Waals surface area contributed by atoms with Gasteiger partial charge in [-0.3, -0.25) is 0 Å². The highest BCUT2D eigenvalue weighted by molar-refractivity contribution is 5.26. The van der Waals surface area contributed by atoms with E-state index in [0.717, 1.165) is 31.6 Å². The second kappa shape index (κ2) is 9.10. The van der Waals surface area contributed by atoms with Crippen LogP contribution in [0.4, 0.5) is 0 Å². The fourth-order valence-corrected chi connectivity index (χ4v) is 6.30. The van der Waals surface area contributed by atoms with E-state index in [9.17, 15) is 10.2 Å². The van der Waals surface area contributed by atoms with Gasteiger partial charge in [0.05, 0.1) is 11.7 Å². The number of hydrogen-bond acceptors (Lipinski definition) is 2. The van der Waals surface area contributed by atoms with Crippen molar-refractivity contribution in [3.63, 3.8) is 0 Å². The Morgan fingerprint density at radius 3 is 2.48 bits per heavy atom. The third-order valence-corrected chi connectivity index (χ3v) is 8.56.